The fraction of sp³-hybridized carbons (Fsp3) is 1.00. The van der Waals surface area contributed by atoms with Crippen molar-refractivity contribution in [2.75, 3.05) is 40.8 Å². The van der Waals surface area contributed by atoms with Crippen LogP contribution in [0.3, 0.4) is 0 Å². The summed E-state index contributed by atoms with van der Waals surface area (Å²) in [5, 5.41) is 3.62. The maximum Gasteiger partial charge on any atom is 0.0220 e. The Morgan fingerprint density at radius 3 is 2.65 bits per heavy atom. The molecule has 1 N–H and O–H groups in total. The second-order valence-corrected chi connectivity index (χ2v) is 7.91. The van der Waals surface area contributed by atoms with Gasteiger partial charge in [-0.05, 0) is 64.7 Å². The molecular weight excluding hydrogens is 246 g/mol. The van der Waals surface area contributed by atoms with Gasteiger partial charge in [0.2, 0.25) is 0 Å². The number of nitrogens with one attached hydrogen (secondary N) is 1. The molecule has 1 aliphatic carbocycles. The first-order valence-electron chi connectivity index (χ1n) is 8.50. The van der Waals surface area contributed by atoms with E-state index in [2.05, 4.69) is 50.1 Å². The van der Waals surface area contributed by atoms with Crippen molar-refractivity contribution in [1.82, 2.24) is 15.1 Å². The molecule has 0 aromatic heterocycles. The van der Waals surface area contributed by atoms with Gasteiger partial charge in [-0.15, -0.1) is 0 Å². The van der Waals surface area contributed by atoms with Crippen LogP contribution in [0.1, 0.15) is 46.0 Å². The van der Waals surface area contributed by atoms with Crippen molar-refractivity contribution in [1.29, 1.82) is 0 Å². The predicted molar refractivity (Wildman–Crippen MR) is 87.1 cm³/mol. The summed E-state index contributed by atoms with van der Waals surface area (Å²) in [6.45, 7) is 8.66. The molecule has 3 heteroatoms. The molecule has 118 valence electrons. The lowest BCUT2D eigenvalue weighted by Crippen LogP contribution is -2.53. The highest BCUT2D eigenvalue weighted by molar-refractivity contribution is 4.94. The van der Waals surface area contributed by atoms with Crippen molar-refractivity contribution in [3.05, 3.63) is 0 Å². The standard InChI is InChI=1S/C17H35N3/c1-17(2)10-6-8-14(16(17)18-3)12-20(5)15-9-7-11-19(4)13-15/h14-16,18H,6-13H2,1-5H3. The van der Waals surface area contributed by atoms with Crippen molar-refractivity contribution < 1.29 is 0 Å². The number of piperidine rings is 1. The highest BCUT2D eigenvalue weighted by Gasteiger charge is 2.38. The van der Waals surface area contributed by atoms with Crippen molar-refractivity contribution in [3.8, 4) is 0 Å². The van der Waals surface area contributed by atoms with E-state index in [0.717, 1.165) is 12.0 Å². The van der Waals surface area contributed by atoms with Crippen LogP contribution in [0.4, 0.5) is 0 Å². The summed E-state index contributed by atoms with van der Waals surface area (Å²) in [5.74, 6) is 0.806. The summed E-state index contributed by atoms with van der Waals surface area (Å²) < 4.78 is 0. The van der Waals surface area contributed by atoms with Gasteiger partial charge in [0.25, 0.3) is 0 Å². The minimum absolute atomic E-state index is 0.446. The van der Waals surface area contributed by atoms with Gasteiger partial charge in [-0.3, -0.25) is 0 Å². The molecule has 0 aromatic rings. The van der Waals surface area contributed by atoms with Gasteiger partial charge in [-0.25, -0.2) is 0 Å². The Kier molecular flexibility index (Phi) is 5.49. The zero-order chi connectivity index (χ0) is 14.8. The molecule has 3 unspecified atom stereocenters. The third-order valence-corrected chi connectivity index (χ3v) is 5.77. The fourth-order valence-corrected chi connectivity index (χ4v) is 4.62. The third-order valence-electron chi connectivity index (χ3n) is 5.77. The highest BCUT2D eigenvalue weighted by Crippen LogP contribution is 2.39. The topological polar surface area (TPSA) is 18.5 Å². The predicted octanol–water partition coefficient (Wildman–Crippen LogP) is 2.43. The Balaban J connectivity index is 1.93. The van der Waals surface area contributed by atoms with Gasteiger partial charge in [-0.1, -0.05) is 20.3 Å². The van der Waals surface area contributed by atoms with E-state index in [1.165, 1.54) is 51.7 Å². The Labute approximate surface area is 126 Å². The van der Waals surface area contributed by atoms with E-state index >= 15 is 0 Å². The first kappa shape index (κ1) is 16.3. The average Bonchev–Trinajstić information content (AvgIpc) is 2.38. The molecule has 3 atom stereocenters. The van der Waals surface area contributed by atoms with E-state index in [-0.39, 0.29) is 0 Å². The lowest BCUT2D eigenvalue weighted by atomic mass is 9.67. The first-order valence-corrected chi connectivity index (χ1v) is 8.50. The van der Waals surface area contributed by atoms with Gasteiger partial charge < -0.3 is 15.1 Å². The Morgan fingerprint density at radius 1 is 1.25 bits per heavy atom. The van der Waals surface area contributed by atoms with Crippen molar-refractivity contribution in [2.24, 2.45) is 11.3 Å². The van der Waals surface area contributed by atoms with E-state index in [9.17, 15) is 0 Å². The van der Waals surface area contributed by atoms with E-state index < -0.39 is 0 Å². The van der Waals surface area contributed by atoms with E-state index in [1.807, 2.05) is 0 Å². The van der Waals surface area contributed by atoms with Crippen LogP contribution in [0.5, 0.6) is 0 Å². The van der Waals surface area contributed by atoms with E-state index in [4.69, 9.17) is 0 Å². The summed E-state index contributed by atoms with van der Waals surface area (Å²) in [4.78, 5) is 5.14. The Bertz CT molecular complexity index is 303. The molecule has 3 nitrogen and oxygen atoms in total. The maximum absolute atomic E-state index is 3.62. The average molecular weight is 281 g/mol. The molecule has 0 spiro atoms. The number of hydrogen-bond acceptors (Lipinski definition) is 3. The zero-order valence-corrected chi connectivity index (χ0v) is 14.3. The van der Waals surface area contributed by atoms with Gasteiger partial charge in [0, 0.05) is 25.2 Å². The molecule has 0 bridgehead atoms. The second-order valence-electron chi connectivity index (χ2n) is 7.91. The lowest BCUT2D eigenvalue weighted by molar-refractivity contribution is 0.0617. The van der Waals surface area contributed by atoms with Crippen LogP contribution in [0.15, 0.2) is 0 Å². The summed E-state index contributed by atoms with van der Waals surface area (Å²) in [6, 6.07) is 1.43. The molecule has 2 aliphatic rings. The molecule has 0 amide bonds. The molecule has 1 saturated heterocycles. The van der Waals surface area contributed by atoms with Gasteiger partial charge in [0.15, 0.2) is 0 Å². The lowest BCUT2D eigenvalue weighted by Gasteiger charge is -2.46. The molecule has 1 heterocycles. The molecule has 0 aromatic carbocycles. The molecule has 0 radical (unpaired) electrons. The van der Waals surface area contributed by atoms with Crippen LogP contribution in [-0.2, 0) is 0 Å². The smallest absolute Gasteiger partial charge is 0.0220 e. The summed E-state index contributed by atoms with van der Waals surface area (Å²) in [6.07, 6.45) is 6.89. The van der Waals surface area contributed by atoms with Gasteiger partial charge >= 0.3 is 0 Å². The van der Waals surface area contributed by atoms with Crippen molar-refractivity contribution >= 4 is 0 Å². The summed E-state index contributed by atoms with van der Waals surface area (Å²) >= 11 is 0. The van der Waals surface area contributed by atoms with Crippen LogP contribution < -0.4 is 5.32 Å². The number of rotatable bonds is 4. The molecule has 1 aliphatic heterocycles. The molecule has 1 saturated carbocycles. The van der Waals surface area contributed by atoms with E-state index in [1.54, 1.807) is 0 Å². The van der Waals surface area contributed by atoms with Crippen LogP contribution in [0, 0.1) is 11.3 Å². The van der Waals surface area contributed by atoms with Gasteiger partial charge in [-0.2, -0.15) is 0 Å². The quantitative estimate of drug-likeness (QED) is 0.854. The largest absolute Gasteiger partial charge is 0.316 e. The molecule has 20 heavy (non-hydrogen) atoms. The highest BCUT2D eigenvalue weighted by atomic mass is 15.2. The number of likely N-dealkylation sites (tertiary alicyclic amines) is 1. The minimum Gasteiger partial charge on any atom is -0.316 e. The van der Waals surface area contributed by atoms with E-state index in [0.29, 0.717) is 11.5 Å². The van der Waals surface area contributed by atoms with Crippen LogP contribution in [0.2, 0.25) is 0 Å². The fourth-order valence-electron chi connectivity index (χ4n) is 4.62. The Morgan fingerprint density at radius 2 is 2.00 bits per heavy atom. The van der Waals surface area contributed by atoms with Crippen molar-refractivity contribution in [3.63, 3.8) is 0 Å². The SMILES string of the molecule is CNC1C(CN(C)C2CCCN(C)C2)CCCC1(C)C. The molecular formula is C17H35N3. The minimum atomic E-state index is 0.446. The first-order chi connectivity index (χ1) is 9.44. The van der Waals surface area contributed by atoms with Gasteiger partial charge in [0.05, 0.1) is 0 Å². The third kappa shape index (κ3) is 3.75. The van der Waals surface area contributed by atoms with Crippen molar-refractivity contribution in [2.45, 2.75) is 58.0 Å². The second kappa shape index (κ2) is 6.76. The van der Waals surface area contributed by atoms with Gasteiger partial charge in [0.1, 0.15) is 0 Å². The molecule has 2 fully saturated rings. The van der Waals surface area contributed by atoms with Crippen LogP contribution in [0.25, 0.3) is 0 Å². The monoisotopic (exact) mass is 281 g/mol. The number of nitrogens with zero attached hydrogens (tertiary/aromatic N) is 2. The summed E-state index contributed by atoms with van der Waals surface area (Å²) in [7, 11) is 6.76. The zero-order valence-electron chi connectivity index (χ0n) is 14.3. The number of likely N-dealkylation sites (N-methyl/N-ethyl adjacent to an activating group) is 2. The summed E-state index contributed by atoms with van der Waals surface area (Å²) in [5.41, 5.74) is 0.446. The maximum atomic E-state index is 3.62. The normalized spacial score (nSPS) is 35.4. The van der Waals surface area contributed by atoms with Crippen LogP contribution >= 0.6 is 0 Å². The number of hydrogen-bond donors (Lipinski definition) is 1. The van der Waals surface area contributed by atoms with Crippen LogP contribution in [-0.4, -0.2) is 62.7 Å². The molecule has 2 rings (SSSR count). The Hall–Kier alpha value is -0.120.